The lowest BCUT2D eigenvalue weighted by atomic mass is 9.90. The quantitative estimate of drug-likeness (QED) is 0.829. The predicted molar refractivity (Wildman–Crippen MR) is 60.5 cm³/mol. The van der Waals surface area contributed by atoms with E-state index in [9.17, 15) is 9.59 Å². The van der Waals surface area contributed by atoms with Gasteiger partial charge >= 0.3 is 5.97 Å². The molecule has 0 bridgehead atoms. The second-order valence-corrected chi connectivity index (χ2v) is 4.58. The van der Waals surface area contributed by atoms with Crippen LogP contribution in [0, 0.1) is 5.41 Å². The zero-order chi connectivity index (χ0) is 12.5. The number of likely N-dealkylation sites (tertiary alicyclic amines) is 1. The molecule has 0 spiro atoms. The minimum Gasteiger partial charge on any atom is -0.481 e. The molecule has 0 unspecified atom stereocenters. The number of nitrogens with zero attached hydrogens (tertiary/aromatic N) is 2. The number of carboxylic acid groups (broad SMARTS) is 1. The second kappa shape index (κ2) is 4.16. The van der Waals surface area contributed by atoms with E-state index in [-0.39, 0.29) is 12.5 Å². The molecule has 0 aromatic carbocycles. The molecule has 2 heterocycles. The molecule has 1 aromatic rings. The largest absolute Gasteiger partial charge is 0.481 e. The number of rotatable bonds is 2. The minimum absolute atomic E-state index is 0.127. The van der Waals surface area contributed by atoms with Gasteiger partial charge in [0, 0.05) is 31.0 Å². The van der Waals surface area contributed by atoms with Crippen LogP contribution >= 0.6 is 0 Å². The molecule has 90 valence electrons. The Morgan fingerprint density at radius 2 is 2.06 bits per heavy atom. The Hall–Kier alpha value is -1.91. The Morgan fingerprint density at radius 1 is 1.41 bits per heavy atom. The van der Waals surface area contributed by atoms with Gasteiger partial charge in [-0.2, -0.15) is 0 Å². The Kier molecular flexibility index (Phi) is 2.83. The summed E-state index contributed by atoms with van der Waals surface area (Å²) in [4.78, 5) is 28.6. The van der Waals surface area contributed by atoms with E-state index in [1.54, 1.807) is 36.4 Å². The Balaban J connectivity index is 2.12. The van der Waals surface area contributed by atoms with Crippen molar-refractivity contribution in [3.8, 4) is 0 Å². The molecule has 1 N–H and O–H groups in total. The third kappa shape index (κ3) is 2.13. The number of carboxylic acids is 1. The van der Waals surface area contributed by atoms with Gasteiger partial charge in [0.2, 0.25) is 0 Å². The molecule has 0 aliphatic carbocycles. The average Bonchev–Trinajstić information content (AvgIpc) is 2.74. The van der Waals surface area contributed by atoms with Crippen LogP contribution in [0.4, 0.5) is 0 Å². The van der Waals surface area contributed by atoms with Gasteiger partial charge < -0.3 is 10.0 Å². The van der Waals surface area contributed by atoms with Crippen molar-refractivity contribution in [1.82, 2.24) is 9.88 Å². The molecule has 2 rings (SSSR count). The van der Waals surface area contributed by atoms with Gasteiger partial charge in [0.15, 0.2) is 0 Å². The highest BCUT2D eigenvalue weighted by molar-refractivity contribution is 5.94. The number of carbonyl (C=O) groups excluding carboxylic acids is 1. The fourth-order valence-corrected chi connectivity index (χ4v) is 1.99. The van der Waals surface area contributed by atoms with Crippen LogP contribution in [-0.2, 0) is 4.79 Å². The maximum Gasteiger partial charge on any atom is 0.311 e. The number of amides is 1. The van der Waals surface area contributed by atoms with Crippen molar-refractivity contribution in [2.45, 2.75) is 13.3 Å². The SMILES string of the molecule is C[C@@]1(C(=O)O)CCN(C(=O)c2ccncc2)C1. The summed E-state index contributed by atoms with van der Waals surface area (Å²) in [6, 6.07) is 3.28. The lowest BCUT2D eigenvalue weighted by molar-refractivity contribution is -0.147. The van der Waals surface area contributed by atoms with Crippen LogP contribution in [0.3, 0.4) is 0 Å². The van der Waals surface area contributed by atoms with Crippen molar-refractivity contribution in [3.63, 3.8) is 0 Å². The van der Waals surface area contributed by atoms with Gasteiger partial charge in [-0.15, -0.1) is 0 Å². The fourth-order valence-electron chi connectivity index (χ4n) is 1.99. The van der Waals surface area contributed by atoms with E-state index in [2.05, 4.69) is 4.98 Å². The topological polar surface area (TPSA) is 70.5 Å². The highest BCUT2D eigenvalue weighted by atomic mass is 16.4. The first-order valence-electron chi connectivity index (χ1n) is 5.46. The van der Waals surface area contributed by atoms with Crippen molar-refractivity contribution in [2.75, 3.05) is 13.1 Å². The molecule has 0 radical (unpaired) electrons. The van der Waals surface area contributed by atoms with E-state index in [1.165, 1.54) is 0 Å². The monoisotopic (exact) mass is 234 g/mol. The van der Waals surface area contributed by atoms with Gasteiger partial charge in [0.25, 0.3) is 5.91 Å². The van der Waals surface area contributed by atoms with Gasteiger partial charge in [0.1, 0.15) is 0 Å². The molecule has 1 saturated heterocycles. The van der Waals surface area contributed by atoms with Crippen LogP contribution in [0.25, 0.3) is 0 Å². The molecule has 1 atom stereocenters. The number of pyridine rings is 1. The van der Waals surface area contributed by atoms with E-state index >= 15 is 0 Å². The van der Waals surface area contributed by atoms with Crippen molar-refractivity contribution in [2.24, 2.45) is 5.41 Å². The molecule has 1 amide bonds. The Labute approximate surface area is 99.1 Å². The van der Waals surface area contributed by atoms with Crippen LogP contribution in [0.5, 0.6) is 0 Å². The van der Waals surface area contributed by atoms with Crippen molar-refractivity contribution < 1.29 is 14.7 Å². The summed E-state index contributed by atoms with van der Waals surface area (Å²) in [5, 5.41) is 9.09. The first-order valence-corrected chi connectivity index (χ1v) is 5.46. The first kappa shape index (κ1) is 11.6. The average molecular weight is 234 g/mol. The van der Waals surface area contributed by atoms with Gasteiger partial charge in [-0.1, -0.05) is 0 Å². The second-order valence-electron chi connectivity index (χ2n) is 4.58. The summed E-state index contributed by atoms with van der Waals surface area (Å²) in [6.07, 6.45) is 3.61. The number of aliphatic carboxylic acids is 1. The smallest absolute Gasteiger partial charge is 0.311 e. The van der Waals surface area contributed by atoms with Gasteiger partial charge in [-0.25, -0.2) is 0 Å². The summed E-state index contributed by atoms with van der Waals surface area (Å²) in [5.41, 5.74) is -0.266. The van der Waals surface area contributed by atoms with Crippen molar-refractivity contribution >= 4 is 11.9 Å². The minimum atomic E-state index is -0.845. The summed E-state index contributed by atoms with van der Waals surface area (Å²) >= 11 is 0. The van der Waals surface area contributed by atoms with Crippen LogP contribution in [0.15, 0.2) is 24.5 Å². The van der Waals surface area contributed by atoms with E-state index in [4.69, 9.17) is 5.11 Å². The van der Waals surface area contributed by atoms with Crippen LogP contribution in [-0.4, -0.2) is 40.0 Å². The normalized spacial score (nSPS) is 23.7. The predicted octanol–water partition coefficient (Wildman–Crippen LogP) is 1.02. The molecular formula is C12H14N2O3. The number of hydrogen-bond donors (Lipinski definition) is 1. The standard InChI is InChI=1S/C12H14N2O3/c1-12(11(16)17)4-7-14(8-12)10(15)9-2-5-13-6-3-9/h2-3,5-6H,4,7-8H2,1H3,(H,16,17)/t12-/m1/s1. The molecule has 1 fully saturated rings. The van der Waals surface area contributed by atoms with Crippen molar-refractivity contribution in [3.05, 3.63) is 30.1 Å². The van der Waals surface area contributed by atoms with Gasteiger partial charge in [0.05, 0.1) is 5.41 Å². The third-order valence-electron chi connectivity index (χ3n) is 3.20. The van der Waals surface area contributed by atoms with E-state index in [0.29, 0.717) is 18.5 Å². The summed E-state index contributed by atoms with van der Waals surface area (Å²) < 4.78 is 0. The van der Waals surface area contributed by atoms with Gasteiger partial charge in [-0.3, -0.25) is 14.6 Å². The number of aromatic nitrogens is 1. The molecule has 5 heteroatoms. The molecule has 5 nitrogen and oxygen atoms in total. The number of carbonyl (C=O) groups is 2. The summed E-state index contributed by atoms with van der Waals surface area (Å²) in [5.74, 6) is -0.972. The molecule has 1 aliphatic heterocycles. The third-order valence-corrected chi connectivity index (χ3v) is 3.20. The van der Waals surface area contributed by atoms with E-state index in [0.717, 1.165) is 0 Å². The highest BCUT2D eigenvalue weighted by Crippen LogP contribution is 2.30. The highest BCUT2D eigenvalue weighted by Gasteiger charge is 2.42. The van der Waals surface area contributed by atoms with E-state index < -0.39 is 11.4 Å². The lowest BCUT2D eigenvalue weighted by Crippen LogP contribution is -2.34. The number of hydrogen-bond acceptors (Lipinski definition) is 3. The maximum atomic E-state index is 12.1. The van der Waals surface area contributed by atoms with E-state index in [1.807, 2.05) is 0 Å². The van der Waals surface area contributed by atoms with Crippen molar-refractivity contribution in [1.29, 1.82) is 0 Å². The van der Waals surface area contributed by atoms with Crippen LogP contribution in [0.1, 0.15) is 23.7 Å². The van der Waals surface area contributed by atoms with Gasteiger partial charge in [-0.05, 0) is 25.5 Å². The molecule has 1 aliphatic rings. The molecule has 17 heavy (non-hydrogen) atoms. The molecule has 1 aromatic heterocycles. The molecular weight excluding hydrogens is 220 g/mol. The lowest BCUT2D eigenvalue weighted by Gasteiger charge is -2.20. The van der Waals surface area contributed by atoms with Crippen LogP contribution < -0.4 is 0 Å². The maximum absolute atomic E-state index is 12.1. The summed E-state index contributed by atoms with van der Waals surface area (Å²) in [7, 11) is 0. The molecule has 0 saturated carbocycles. The Morgan fingerprint density at radius 3 is 2.59 bits per heavy atom. The summed E-state index contributed by atoms with van der Waals surface area (Å²) in [6.45, 7) is 2.43. The first-order chi connectivity index (χ1) is 8.03. The fraction of sp³-hybridized carbons (Fsp3) is 0.417. The van der Waals surface area contributed by atoms with Crippen LogP contribution in [0.2, 0.25) is 0 Å². The Bertz CT molecular complexity index is 446. The zero-order valence-electron chi connectivity index (χ0n) is 9.59. The zero-order valence-corrected chi connectivity index (χ0v) is 9.59.